The summed E-state index contributed by atoms with van der Waals surface area (Å²) in [6.07, 6.45) is 5.09. The molecule has 1 N–H and O–H groups in total. The highest BCUT2D eigenvalue weighted by molar-refractivity contribution is 5.81. The van der Waals surface area contributed by atoms with Crippen LogP contribution < -0.4 is 10.1 Å². The van der Waals surface area contributed by atoms with Gasteiger partial charge in [0.2, 0.25) is 0 Å². The molecule has 1 heterocycles. The van der Waals surface area contributed by atoms with Crippen LogP contribution in [0.4, 0.5) is 0 Å². The molecule has 2 aliphatic rings. The first-order valence-corrected chi connectivity index (χ1v) is 7.87. The number of nitrogens with zero attached hydrogens (tertiary/aromatic N) is 2. The molecule has 0 amide bonds. The van der Waals surface area contributed by atoms with Crippen LogP contribution in [0, 0.1) is 0 Å². The Morgan fingerprint density at radius 1 is 1.33 bits per heavy atom. The molecule has 1 saturated carbocycles. The Kier molecular flexibility index (Phi) is 4.04. The van der Waals surface area contributed by atoms with Crippen LogP contribution in [0.5, 0.6) is 5.75 Å². The van der Waals surface area contributed by atoms with Crippen molar-refractivity contribution in [3.05, 3.63) is 29.8 Å². The van der Waals surface area contributed by atoms with Crippen molar-refractivity contribution in [1.82, 2.24) is 10.2 Å². The third-order valence-electron chi connectivity index (χ3n) is 4.89. The molecule has 1 aromatic carbocycles. The van der Waals surface area contributed by atoms with E-state index in [1.165, 1.54) is 31.2 Å². The molecule has 0 spiro atoms. The molecule has 1 aliphatic carbocycles. The molecular formula is C17H25N3O. The molecule has 0 saturated heterocycles. The van der Waals surface area contributed by atoms with Crippen LogP contribution in [0.15, 0.2) is 29.3 Å². The van der Waals surface area contributed by atoms with Crippen LogP contribution in [0.2, 0.25) is 0 Å². The Bertz CT molecular complexity index is 521. The minimum absolute atomic E-state index is 0.223. The minimum atomic E-state index is 0.223. The smallest absolute Gasteiger partial charge is 0.193 e. The normalized spacial score (nSPS) is 20.5. The molecule has 21 heavy (non-hydrogen) atoms. The monoisotopic (exact) mass is 287 g/mol. The Labute approximate surface area is 127 Å². The number of hydrogen-bond donors (Lipinski definition) is 1. The number of guanidine groups is 1. The lowest BCUT2D eigenvalue weighted by Crippen LogP contribution is -2.43. The van der Waals surface area contributed by atoms with E-state index in [9.17, 15) is 0 Å². The van der Waals surface area contributed by atoms with E-state index in [1.54, 1.807) is 7.11 Å². The average Bonchev–Trinajstić information content (AvgIpc) is 3.15. The zero-order valence-electron chi connectivity index (χ0n) is 13.1. The third-order valence-corrected chi connectivity index (χ3v) is 4.89. The number of methoxy groups -OCH3 is 1. The summed E-state index contributed by atoms with van der Waals surface area (Å²) in [5, 5.41) is 3.59. The number of ether oxygens (including phenoxy) is 1. The standard InChI is InChI=1S/C17H25N3O/c1-20-11-10-18-16(20)19-13-17(8-3-4-9-17)14-6-5-7-15(12-14)21-2/h5-7,12H,3-4,8-11,13H2,1-2H3,(H,18,19). The molecule has 1 aliphatic heterocycles. The number of aliphatic imine (C=N–C) groups is 1. The Hall–Kier alpha value is -1.71. The van der Waals surface area contributed by atoms with E-state index in [-0.39, 0.29) is 5.41 Å². The Morgan fingerprint density at radius 2 is 2.14 bits per heavy atom. The maximum atomic E-state index is 5.40. The van der Waals surface area contributed by atoms with E-state index in [0.717, 1.165) is 31.3 Å². The van der Waals surface area contributed by atoms with E-state index in [0.29, 0.717) is 0 Å². The van der Waals surface area contributed by atoms with Crippen LogP contribution in [-0.2, 0) is 5.41 Å². The molecule has 0 aromatic heterocycles. The lowest BCUT2D eigenvalue weighted by atomic mass is 9.78. The summed E-state index contributed by atoms with van der Waals surface area (Å²) in [5.74, 6) is 2.00. The van der Waals surface area contributed by atoms with Crippen LogP contribution >= 0.6 is 0 Å². The SMILES string of the molecule is COc1cccc(C2(CNC3=NCCN3C)CCCC2)c1. The van der Waals surface area contributed by atoms with Gasteiger partial charge in [0, 0.05) is 25.6 Å². The number of nitrogens with one attached hydrogen (secondary N) is 1. The highest BCUT2D eigenvalue weighted by Crippen LogP contribution is 2.41. The number of likely N-dealkylation sites (N-methyl/N-ethyl adjacent to an activating group) is 1. The highest BCUT2D eigenvalue weighted by atomic mass is 16.5. The van der Waals surface area contributed by atoms with E-state index in [4.69, 9.17) is 4.74 Å². The zero-order chi connectivity index (χ0) is 14.7. The van der Waals surface area contributed by atoms with Gasteiger partial charge in [0.25, 0.3) is 0 Å². The van der Waals surface area contributed by atoms with E-state index < -0.39 is 0 Å². The topological polar surface area (TPSA) is 36.9 Å². The number of hydrogen-bond acceptors (Lipinski definition) is 4. The first kappa shape index (κ1) is 14.2. The predicted octanol–water partition coefficient (Wildman–Crippen LogP) is 2.40. The fraction of sp³-hybridized carbons (Fsp3) is 0.588. The molecule has 4 heteroatoms. The molecular weight excluding hydrogens is 262 g/mol. The second-order valence-corrected chi connectivity index (χ2v) is 6.20. The van der Waals surface area contributed by atoms with Gasteiger partial charge in [-0.15, -0.1) is 0 Å². The van der Waals surface area contributed by atoms with Crippen molar-refractivity contribution in [2.24, 2.45) is 4.99 Å². The fourth-order valence-electron chi connectivity index (χ4n) is 3.54. The molecule has 3 rings (SSSR count). The number of rotatable bonds is 4. The van der Waals surface area contributed by atoms with Crippen molar-refractivity contribution in [1.29, 1.82) is 0 Å². The number of benzene rings is 1. The molecule has 4 nitrogen and oxygen atoms in total. The van der Waals surface area contributed by atoms with Gasteiger partial charge in [0.15, 0.2) is 5.96 Å². The van der Waals surface area contributed by atoms with Gasteiger partial charge < -0.3 is 15.0 Å². The molecule has 114 valence electrons. The van der Waals surface area contributed by atoms with E-state index in [1.807, 2.05) is 6.07 Å². The second kappa shape index (κ2) is 5.96. The van der Waals surface area contributed by atoms with E-state index >= 15 is 0 Å². The first-order chi connectivity index (χ1) is 10.2. The summed E-state index contributed by atoms with van der Waals surface area (Å²) in [6, 6.07) is 8.57. The Morgan fingerprint density at radius 3 is 2.81 bits per heavy atom. The van der Waals surface area contributed by atoms with Gasteiger partial charge >= 0.3 is 0 Å². The zero-order valence-corrected chi connectivity index (χ0v) is 13.1. The summed E-state index contributed by atoms with van der Waals surface area (Å²) < 4.78 is 5.40. The van der Waals surface area contributed by atoms with Gasteiger partial charge in [-0.2, -0.15) is 0 Å². The second-order valence-electron chi connectivity index (χ2n) is 6.20. The van der Waals surface area contributed by atoms with Gasteiger partial charge in [-0.3, -0.25) is 4.99 Å². The third kappa shape index (κ3) is 2.85. The van der Waals surface area contributed by atoms with Crippen molar-refractivity contribution < 1.29 is 4.74 Å². The lowest BCUT2D eigenvalue weighted by molar-refractivity contribution is 0.401. The van der Waals surface area contributed by atoms with Gasteiger partial charge in [-0.25, -0.2) is 0 Å². The summed E-state index contributed by atoms with van der Waals surface area (Å²) in [6.45, 7) is 2.89. The summed E-state index contributed by atoms with van der Waals surface area (Å²) in [7, 11) is 3.84. The lowest BCUT2D eigenvalue weighted by Gasteiger charge is -2.31. The van der Waals surface area contributed by atoms with Crippen LogP contribution in [0.3, 0.4) is 0 Å². The maximum Gasteiger partial charge on any atom is 0.193 e. The molecule has 1 aromatic rings. The van der Waals surface area contributed by atoms with Crippen molar-refractivity contribution in [3.63, 3.8) is 0 Å². The quantitative estimate of drug-likeness (QED) is 0.924. The largest absolute Gasteiger partial charge is 0.497 e. The minimum Gasteiger partial charge on any atom is -0.497 e. The van der Waals surface area contributed by atoms with Crippen molar-refractivity contribution >= 4 is 5.96 Å². The van der Waals surface area contributed by atoms with Crippen LogP contribution in [-0.4, -0.2) is 44.7 Å². The molecule has 0 unspecified atom stereocenters. The molecule has 0 atom stereocenters. The average molecular weight is 287 g/mol. The first-order valence-electron chi connectivity index (χ1n) is 7.87. The molecule has 0 radical (unpaired) electrons. The summed E-state index contributed by atoms with van der Waals surface area (Å²) in [5.41, 5.74) is 1.62. The summed E-state index contributed by atoms with van der Waals surface area (Å²) >= 11 is 0. The van der Waals surface area contributed by atoms with Crippen molar-refractivity contribution in [2.75, 3.05) is 33.8 Å². The fourth-order valence-corrected chi connectivity index (χ4v) is 3.54. The van der Waals surface area contributed by atoms with Gasteiger partial charge in [-0.05, 0) is 30.5 Å². The van der Waals surface area contributed by atoms with Gasteiger partial charge in [-0.1, -0.05) is 25.0 Å². The Balaban J connectivity index is 1.78. The maximum absolute atomic E-state index is 5.40. The van der Waals surface area contributed by atoms with E-state index in [2.05, 4.69) is 40.5 Å². The predicted molar refractivity (Wildman–Crippen MR) is 86.1 cm³/mol. The van der Waals surface area contributed by atoms with Crippen molar-refractivity contribution in [3.8, 4) is 5.75 Å². The van der Waals surface area contributed by atoms with Gasteiger partial charge in [0.05, 0.1) is 13.7 Å². The van der Waals surface area contributed by atoms with Gasteiger partial charge in [0.1, 0.15) is 5.75 Å². The molecule has 1 fully saturated rings. The van der Waals surface area contributed by atoms with Crippen LogP contribution in [0.25, 0.3) is 0 Å². The van der Waals surface area contributed by atoms with Crippen LogP contribution in [0.1, 0.15) is 31.2 Å². The van der Waals surface area contributed by atoms with Crippen molar-refractivity contribution in [2.45, 2.75) is 31.1 Å². The summed E-state index contributed by atoms with van der Waals surface area (Å²) in [4.78, 5) is 6.75. The molecule has 0 bridgehead atoms. The highest BCUT2D eigenvalue weighted by Gasteiger charge is 2.36.